The molecule has 0 spiro atoms. The molecule has 1 aliphatic rings. The second-order valence-corrected chi connectivity index (χ2v) is 5.53. The molecule has 0 saturated heterocycles. The number of carbonyl (C=O) groups is 1. The van der Waals surface area contributed by atoms with Crippen molar-refractivity contribution < 1.29 is 14.3 Å². The summed E-state index contributed by atoms with van der Waals surface area (Å²) in [5.74, 6) is -0.847. The summed E-state index contributed by atoms with van der Waals surface area (Å²) in [6.07, 6.45) is 5.93. The number of rotatable bonds is 4. The van der Waals surface area contributed by atoms with E-state index in [1.54, 1.807) is 6.07 Å². The summed E-state index contributed by atoms with van der Waals surface area (Å²) in [5, 5.41) is 13.0. The minimum absolute atomic E-state index is 0.184. The molecule has 0 radical (unpaired) electrons. The Balaban J connectivity index is 1.92. The van der Waals surface area contributed by atoms with E-state index < -0.39 is 11.4 Å². The van der Waals surface area contributed by atoms with Crippen LogP contribution in [0.1, 0.15) is 31.2 Å². The molecule has 1 aromatic rings. The minimum atomic E-state index is -0.793. The first kappa shape index (κ1) is 15.0. The van der Waals surface area contributed by atoms with Gasteiger partial charge in [0.05, 0.1) is 10.6 Å². The zero-order valence-corrected chi connectivity index (χ0v) is 11.8. The molecule has 1 aromatic carbocycles. The molecule has 0 unspecified atom stereocenters. The lowest BCUT2D eigenvalue weighted by Crippen LogP contribution is -2.40. The predicted octanol–water partition coefficient (Wildman–Crippen LogP) is 2.91. The molecule has 2 rings (SSSR count). The Morgan fingerprint density at radius 2 is 2.15 bits per heavy atom. The Bertz CT molecular complexity index is 504. The molecular weight excluding hydrogens is 281 g/mol. The van der Waals surface area contributed by atoms with Crippen molar-refractivity contribution in [2.75, 3.05) is 6.54 Å². The van der Waals surface area contributed by atoms with E-state index in [-0.39, 0.29) is 23.0 Å². The van der Waals surface area contributed by atoms with Gasteiger partial charge < -0.3 is 10.4 Å². The first-order valence-electron chi connectivity index (χ1n) is 6.62. The third-order valence-corrected chi connectivity index (χ3v) is 3.86. The van der Waals surface area contributed by atoms with E-state index in [1.807, 2.05) is 0 Å². The highest BCUT2D eigenvalue weighted by molar-refractivity contribution is 6.32. The van der Waals surface area contributed by atoms with E-state index in [1.165, 1.54) is 24.3 Å². The van der Waals surface area contributed by atoms with Gasteiger partial charge in [-0.15, -0.1) is 0 Å². The molecule has 1 aliphatic carbocycles. The van der Waals surface area contributed by atoms with Crippen LogP contribution in [-0.2, 0) is 4.79 Å². The largest absolute Gasteiger partial charge is 0.388 e. The Morgan fingerprint density at radius 1 is 1.45 bits per heavy atom. The Kier molecular flexibility index (Phi) is 4.78. The van der Waals surface area contributed by atoms with Crippen LogP contribution in [0, 0.1) is 5.82 Å². The molecule has 3 nitrogen and oxygen atoms in total. The average molecular weight is 298 g/mol. The quantitative estimate of drug-likeness (QED) is 0.840. The smallest absolute Gasteiger partial charge is 0.244 e. The van der Waals surface area contributed by atoms with Crippen LogP contribution in [0.4, 0.5) is 4.39 Å². The Labute approximate surface area is 122 Å². The topological polar surface area (TPSA) is 49.3 Å². The van der Waals surface area contributed by atoms with Crippen LogP contribution in [-0.4, -0.2) is 23.2 Å². The number of carbonyl (C=O) groups excluding carboxylic acids is 1. The summed E-state index contributed by atoms with van der Waals surface area (Å²) in [7, 11) is 0. The van der Waals surface area contributed by atoms with Crippen LogP contribution < -0.4 is 5.32 Å². The van der Waals surface area contributed by atoms with Crippen LogP contribution >= 0.6 is 11.6 Å². The summed E-state index contributed by atoms with van der Waals surface area (Å²) in [5.41, 5.74) is -0.608. The maximum Gasteiger partial charge on any atom is 0.244 e. The van der Waals surface area contributed by atoms with Gasteiger partial charge in [0.2, 0.25) is 5.91 Å². The van der Waals surface area contributed by atoms with Crippen molar-refractivity contribution >= 4 is 23.6 Å². The number of nitrogens with one attached hydrogen (secondary N) is 1. The molecular formula is C15H17ClFNO2. The van der Waals surface area contributed by atoms with Crippen molar-refractivity contribution in [3.8, 4) is 0 Å². The van der Waals surface area contributed by atoms with Gasteiger partial charge >= 0.3 is 0 Å². The summed E-state index contributed by atoms with van der Waals surface area (Å²) >= 11 is 5.85. The number of hydrogen-bond acceptors (Lipinski definition) is 2. The van der Waals surface area contributed by atoms with Gasteiger partial charge in [0.25, 0.3) is 0 Å². The molecule has 0 heterocycles. The molecule has 1 saturated carbocycles. The number of halogens is 2. The third kappa shape index (κ3) is 3.81. The summed E-state index contributed by atoms with van der Waals surface area (Å²) < 4.78 is 13.5. The van der Waals surface area contributed by atoms with Crippen molar-refractivity contribution in [2.45, 2.75) is 31.3 Å². The van der Waals surface area contributed by atoms with Gasteiger partial charge in [0, 0.05) is 18.2 Å². The maximum absolute atomic E-state index is 13.5. The van der Waals surface area contributed by atoms with Crippen LogP contribution in [0.25, 0.3) is 6.08 Å². The predicted molar refractivity (Wildman–Crippen MR) is 76.9 cm³/mol. The second kappa shape index (κ2) is 6.37. The number of aliphatic hydroxyl groups is 1. The zero-order chi connectivity index (χ0) is 14.6. The van der Waals surface area contributed by atoms with Gasteiger partial charge in [0.1, 0.15) is 5.82 Å². The normalized spacial score (nSPS) is 17.6. The highest BCUT2D eigenvalue weighted by atomic mass is 35.5. The lowest BCUT2D eigenvalue weighted by atomic mass is 10.0. The van der Waals surface area contributed by atoms with Crippen LogP contribution in [0.5, 0.6) is 0 Å². The highest BCUT2D eigenvalue weighted by Crippen LogP contribution is 2.28. The van der Waals surface area contributed by atoms with Gasteiger partial charge in [-0.1, -0.05) is 30.5 Å². The number of amides is 1. The van der Waals surface area contributed by atoms with Gasteiger partial charge in [-0.05, 0) is 31.1 Å². The highest BCUT2D eigenvalue weighted by Gasteiger charge is 2.30. The van der Waals surface area contributed by atoms with E-state index in [2.05, 4.69) is 5.32 Å². The first-order valence-corrected chi connectivity index (χ1v) is 7.00. The molecule has 108 valence electrons. The monoisotopic (exact) mass is 297 g/mol. The standard InChI is InChI=1S/C15H17ClFNO2/c16-12-4-3-5-13(17)11(12)6-7-14(19)18-10-15(20)8-1-2-9-15/h3-7,20H,1-2,8-10H2,(H,18,19). The molecule has 0 aliphatic heterocycles. The molecule has 1 amide bonds. The van der Waals surface area contributed by atoms with Gasteiger partial charge in [-0.25, -0.2) is 4.39 Å². The zero-order valence-electron chi connectivity index (χ0n) is 11.0. The van der Waals surface area contributed by atoms with Gasteiger partial charge in [-0.2, -0.15) is 0 Å². The van der Waals surface area contributed by atoms with Gasteiger partial charge in [0.15, 0.2) is 0 Å². The molecule has 20 heavy (non-hydrogen) atoms. The molecule has 0 bridgehead atoms. The van der Waals surface area contributed by atoms with Crippen molar-refractivity contribution in [3.05, 3.63) is 40.7 Å². The lowest BCUT2D eigenvalue weighted by molar-refractivity contribution is -0.117. The van der Waals surface area contributed by atoms with Gasteiger partial charge in [-0.3, -0.25) is 4.79 Å². The minimum Gasteiger partial charge on any atom is -0.388 e. The maximum atomic E-state index is 13.5. The van der Waals surface area contributed by atoms with Crippen molar-refractivity contribution in [3.63, 3.8) is 0 Å². The fourth-order valence-electron chi connectivity index (χ4n) is 2.35. The van der Waals surface area contributed by atoms with E-state index >= 15 is 0 Å². The lowest BCUT2D eigenvalue weighted by Gasteiger charge is -2.21. The molecule has 0 atom stereocenters. The molecule has 1 fully saturated rings. The van der Waals surface area contributed by atoms with E-state index in [4.69, 9.17) is 11.6 Å². The van der Waals surface area contributed by atoms with Crippen molar-refractivity contribution in [1.82, 2.24) is 5.32 Å². The number of benzene rings is 1. The van der Waals surface area contributed by atoms with Crippen LogP contribution in [0.3, 0.4) is 0 Å². The molecule has 5 heteroatoms. The molecule has 2 N–H and O–H groups in total. The average Bonchev–Trinajstić information content (AvgIpc) is 2.83. The molecule has 0 aromatic heterocycles. The van der Waals surface area contributed by atoms with Crippen molar-refractivity contribution in [1.29, 1.82) is 0 Å². The second-order valence-electron chi connectivity index (χ2n) is 5.12. The Hall–Kier alpha value is -1.39. The van der Waals surface area contributed by atoms with Crippen molar-refractivity contribution in [2.24, 2.45) is 0 Å². The number of hydrogen-bond donors (Lipinski definition) is 2. The van der Waals surface area contributed by atoms with Crippen LogP contribution in [0.2, 0.25) is 5.02 Å². The summed E-state index contributed by atoms with van der Waals surface area (Å²) in [6.45, 7) is 0.223. The Morgan fingerprint density at radius 3 is 2.80 bits per heavy atom. The SMILES string of the molecule is O=C(C=Cc1c(F)cccc1Cl)NCC1(O)CCCC1. The third-order valence-electron chi connectivity index (χ3n) is 3.53. The summed E-state index contributed by atoms with van der Waals surface area (Å²) in [4.78, 5) is 11.7. The summed E-state index contributed by atoms with van der Waals surface area (Å²) in [6, 6.07) is 4.35. The fraction of sp³-hybridized carbons (Fsp3) is 0.400. The van der Waals surface area contributed by atoms with E-state index in [0.717, 1.165) is 12.8 Å². The van der Waals surface area contributed by atoms with E-state index in [9.17, 15) is 14.3 Å². The fourth-order valence-corrected chi connectivity index (χ4v) is 2.58. The first-order chi connectivity index (χ1) is 9.50. The van der Waals surface area contributed by atoms with Crippen LogP contribution in [0.15, 0.2) is 24.3 Å². The van der Waals surface area contributed by atoms with E-state index in [0.29, 0.717) is 12.8 Å².